The van der Waals surface area contributed by atoms with Gasteiger partial charge in [-0.15, -0.1) is 0 Å². The van der Waals surface area contributed by atoms with Crippen LogP contribution in [0.1, 0.15) is 10.5 Å². The lowest BCUT2D eigenvalue weighted by molar-refractivity contribution is 0.0692. The Balaban J connectivity index is 2.49. The highest BCUT2D eigenvalue weighted by atomic mass is 35.5. The van der Waals surface area contributed by atoms with Crippen molar-refractivity contribution in [3.05, 3.63) is 41.3 Å². The number of carboxylic acids is 1. The van der Waals surface area contributed by atoms with Crippen LogP contribution in [-0.4, -0.2) is 21.0 Å². The topological polar surface area (TPSA) is 66.0 Å². The Morgan fingerprint density at radius 1 is 1.33 bits per heavy atom. The predicted octanol–water partition coefficient (Wildman–Crippen LogP) is 2.43. The molecule has 0 saturated carbocycles. The van der Waals surface area contributed by atoms with Crippen molar-refractivity contribution in [2.24, 2.45) is 0 Å². The number of aromatic amines is 1. The zero-order chi connectivity index (χ0) is 10.8. The molecule has 1 aromatic carbocycles. The molecule has 0 aliphatic rings. The van der Waals surface area contributed by atoms with Gasteiger partial charge in [-0.05, 0) is 12.1 Å². The van der Waals surface area contributed by atoms with Crippen molar-refractivity contribution in [1.29, 1.82) is 0 Å². The molecule has 2 N–H and O–H groups in total. The maximum absolute atomic E-state index is 10.8. The monoisotopic (exact) mass is 222 g/mol. The van der Waals surface area contributed by atoms with Gasteiger partial charge in [0.15, 0.2) is 5.69 Å². The fourth-order valence-corrected chi connectivity index (χ4v) is 1.41. The summed E-state index contributed by atoms with van der Waals surface area (Å²) < 4.78 is 0. The third-order valence-electron chi connectivity index (χ3n) is 1.97. The molecule has 4 nitrogen and oxygen atoms in total. The number of imidazole rings is 1. The first-order chi connectivity index (χ1) is 7.18. The molecule has 0 unspecified atom stereocenters. The Labute approximate surface area is 90.5 Å². The SMILES string of the molecule is O=C(O)c1[nH]cnc1-c1ccc(Cl)cc1. The van der Waals surface area contributed by atoms with Crippen LogP contribution < -0.4 is 0 Å². The molecule has 0 atom stereocenters. The second-order valence-corrected chi connectivity index (χ2v) is 3.37. The van der Waals surface area contributed by atoms with Crippen LogP contribution in [0.25, 0.3) is 11.3 Å². The molecule has 0 aliphatic heterocycles. The van der Waals surface area contributed by atoms with Crippen LogP contribution >= 0.6 is 11.6 Å². The van der Waals surface area contributed by atoms with Gasteiger partial charge in [0.2, 0.25) is 0 Å². The number of H-pyrrole nitrogens is 1. The van der Waals surface area contributed by atoms with E-state index in [0.29, 0.717) is 10.7 Å². The Morgan fingerprint density at radius 2 is 2.00 bits per heavy atom. The first-order valence-corrected chi connectivity index (χ1v) is 4.59. The van der Waals surface area contributed by atoms with Crippen LogP contribution in [0, 0.1) is 0 Å². The van der Waals surface area contributed by atoms with E-state index in [1.807, 2.05) is 0 Å². The van der Waals surface area contributed by atoms with Crippen LogP contribution in [0.3, 0.4) is 0 Å². The first kappa shape index (κ1) is 9.73. The van der Waals surface area contributed by atoms with Gasteiger partial charge in [-0.3, -0.25) is 0 Å². The van der Waals surface area contributed by atoms with Crippen LogP contribution in [0.4, 0.5) is 0 Å². The van der Waals surface area contributed by atoms with Crippen LogP contribution in [0.5, 0.6) is 0 Å². The maximum atomic E-state index is 10.8. The highest BCUT2D eigenvalue weighted by molar-refractivity contribution is 6.30. The van der Waals surface area contributed by atoms with E-state index in [1.165, 1.54) is 6.33 Å². The lowest BCUT2D eigenvalue weighted by Crippen LogP contribution is -1.98. The van der Waals surface area contributed by atoms with Gasteiger partial charge in [0.05, 0.1) is 6.33 Å². The van der Waals surface area contributed by atoms with E-state index in [4.69, 9.17) is 16.7 Å². The number of carbonyl (C=O) groups is 1. The summed E-state index contributed by atoms with van der Waals surface area (Å²) in [6.07, 6.45) is 1.35. The molecule has 0 radical (unpaired) electrons. The number of carboxylic acid groups (broad SMARTS) is 1. The van der Waals surface area contributed by atoms with E-state index in [2.05, 4.69) is 9.97 Å². The Kier molecular flexibility index (Phi) is 2.43. The molecular formula is C10H7ClN2O2. The number of nitrogens with one attached hydrogen (secondary N) is 1. The molecule has 5 heteroatoms. The van der Waals surface area contributed by atoms with Gasteiger partial charge in [0.1, 0.15) is 5.69 Å². The van der Waals surface area contributed by atoms with Gasteiger partial charge >= 0.3 is 5.97 Å². The summed E-state index contributed by atoms with van der Waals surface area (Å²) >= 11 is 5.73. The summed E-state index contributed by atoms with van der Waals surface area (Å²) in [6.45, 7) is 0. The van der Waals surface area contributed by atoms with E-state index in [9.17, 15) is 4.79 Å². The first-order valence-electron chi connectivity index (χ1n) is 4.21. The summed E-state index contributed by atoms with van der Waals surface area (Å²) in [7, 11) is 0. The number of nitrogens with zero attached hydrogens (tertiary/aromatic N) is 1. The van der Waals surface area contributed by atoms with E-state index >= 15 is 0 Å². The normalized spacial score (nSPS) is 10.2. The predicted molar refractivity (Wildman–Crippen MR) is 56.0 cm³/mol. The molecule has 1 heterocycles. The van der Waals surface area contributed by atoms with Crippen molar-refractivity contribution in [2.45, 2.75) is 0 Å². The molecule has 0 saturated heterocycles. The van der Waals surface area contributed by atoms with E-state index in [1.54, 1.807) is 24.3 Å². The number of aromatic carboxylic acids is 1. The standard InChI is InChI=1S/C10H7ClN2O2/c11-7-3-1-6(2-4-7)8-9(10(14)15)13-5-12-8/h1-5H,(H,12,13)(H,14,15). The third kappa shape index (κ3) is 1.85. The van der Waals surface area contributed by atoms with E-state index in [0.717, 1.165) is 5.56 Å². The Hall–Kier alpha value is -1.81. The molecule has 2 rings (SSSR count). The van der Waals surface area contributed by atoms with Crippen molar-refractivity contribution in [3.8, 4) is 11.3 Å². The molecular weight excluding hydrogens is 216 g/mol. The largest absolute Gasteiger partial charge is 0.477 e. The van der Waals surface area contributed by atoms with E-state index in [-0.39, 0.29) is 5.69 Å². The summed E-state index contributed by atoms with van der Waals surface area (Å²) in [6, 6.07) is 6.84. The summed E-state index contributed by atoms with van der Waals surface area (Å²) in [5.74, 6) is -1.03. The fourth-order valence-electron chi connectivity index (χ4n) is 1.28. The second kappa shape index (κ2) is 3.74. The minimum Gasteiger partial charge on any atom is -0.477 e. The number of halogens is 1. The Morgan fingerprint density at radius 3 is 2.60 bits per heavy atom. The van der Waals surface area contributed by atoms with E-state index < -0.39 is 5.97 Å². The van der Waals surface area contributed by atoms with Crippen molar-refractivity contribution in [1.82, 2.24) is 9.97 Å². The number of benzene rings is 1. The van der Waals surface area contributed by atoms with Gasteiger partial charge < -0.3 is 10.1 Å². The summed E-state index contributed by atoms with van der Waals surface area (Å²) in [5, 5.41) is 9.48. The minimum atomic E-state index is -1.03. The number of hydrogen-bond acceptors (Lipinski definition) is 2. The lowest BCUT2D eigenvalue weighted by atomic mass is 10.1. The van der Waals surface area contributed by atoms with Crippen molar-refractivity contribution >= 4 is 17.6 Å². The van der Waals surface area contributed by atoms with Crippen LogP contribution in [0.2, 0.25) is 5.02 Å². The minimum absolute atomic E-state index is 0.0809. The molecule has 0 fully saturated rings. The Bertz CT molecular complexity index is 490. The summed E-state index contributed by atoms with van der Waals surface area (Å²) in [5.41, 5.74) is 1.22. The zero-order valence-electron chi connectivity index (χ0n) is 7.57. The smallest absolute Gasteiger partial charge is 0.354 e. The molecule has 0 amide bonds. The van der Waals surface area contributed by atoms with Gasteiger partial charge in [-0.25, -0.2) is 9.78 Å². The second-order valence-electron chi connectivity index (χ2n) is 2.94. The van der Waals surface area contributed by atoms with Crippen LogP contribution in [-0.2, 0) is 0 Å². The zero-order valence-corrected chi connectivity index (χ0v) is 8.32. The van der Waals surface area contributed by atoms with Gasteiger partial charge in [0.25, 0.3) is 0 Å². The molecule has 0 aliphatic carbocycles. The number of rotatable bonds is 2. The van der Waals surface area contributed by atoms with Crippen LogP contribution in [0.15, 0.2) is 30.6 Å². The maximum Gasteiger partial charge on any atom is 0.354 e. The molecule has 0 spiro atoms. The third-order valence-corrected chi connectivity index (χ3v) is 2.22. The highest BCUT2D eigenvalue weighted by Crippen LogP contribution is 2.22. The molecule has 2 aromatic rings. The number of aromatic nitrogens is 2. The average Bonchev–Trinajstić information content (AvgIpc) is 2.67. The molecule has 0 bridgehead atoms. The van der Waals surface area contributed by atoms with Crippen molar-refractivity contribution in [3.63, 3.8) is 0 Å². The summed E-state index contributed by atoms with van der Waals surface area (Å²) in [4.78, 5) is 17.4. The van der Waals surface area contributed by atoms with Gasteiger partial charge in [-0.1, -0.05) is 23.7 Å². The van der Waals surface area contributed by atoms with Crippen molar-refractivity contribution < 1.29 is 9.90 Å². The molecule has 1 aromatic heterocycles. The fraction of sp³-hybridized carbons (Fsp3) is 0. The highest BCUT2D eigenvalue weighted by Gasteiger charge is 2.13. The van der Waals surface area contributed by atoms with Gasteiger partial charge in [0, 0.05) is 10.6 Å². The van der Waals surface area contributed by atoms with Gasteiger partial charge in [-0.2, -0.15) is 0 Å². The number of hydrogen-bond donors (Lipinski definition) is 2. The quantitative estimate of drug-likeness (QED) is 0.820. The average molecular weight is 223 g/mol. The lowest BCUT2D eigenvalue weighted by Gasteiger charge is -1.98. The molecule has 15 heavy (non-hydrogen) atoms. The van der Waals surface area contributed by atoms with Crippen molar-refractivity contribution in [2.75, 3.05) is 0 Å². The molecule has 76 valence electrons.